The maximum Gasteiger partial charge on any atom is 0.420 e. The molecule has 0 saturated heterocycles. The van der Waals surface area contributed by atoms with Crippen LogP contribution in [0.15, 0.2) is 55.1 Å². The third-order valence-corrected chi connectivity index (χ3v) is 4.31. The van der Waals surface area contributed by atoms with Gasteiger partial charge in [-0.3, -0.25) is 4.68 Å². The number of rotatable bonds is 3. The van der Waals surface area contributed by atoms with Gasteiger partial charge in [0.25, 0.3) is 0 Å². The van der Waals surface area contributed by atoms with Gasteiger partial charge in [0, 0.05) is 36.6 Å². The summed E-state index contributed by atoms with van der Waals surface area (Å²) >= 11 is 0. The van der Waals surface area contributed by atoms with E-state index in [0.717, 1.165) is 11.1 Å². The predicted octanol–water partition coefficient (Wildman–Crippen LogP) is 3.91. The Balaban J connectivity index is 1.87. The van der Waals surface area contributed by atoms with Gasteiger partial charge in [-0.05, 0) is 45.0 Å². The third-order valence-electron chi connectivity index (χ3n) is 4.31. The maximum absolute atomic E-state index is 13.1. The number of hydrogen-bond donors (Lipinski definition) is 1. The molecule has 0 saturated carbocycles. The molecule has 1 amide bonds. The van der Waals surface area contributed by atoms with Gasteiger partial charge < -0.3 is 9.84 Å². The Morgan fingerprint density at radius 1 is 1.10 bits per heavy atom. The number of carbonyl (C=O) groups excluding carboxylic acids is 1. The normalized spacial score (nSPS) is 11.6. The molecule has 0 atom stereocenters. The number of phenolic OH excluding ortho intramolecular Hbond substituents is 1. The number of fused-ring (bicyclic) bond motifs is 1. The molecule has 1 aromatic carbocycles. The van der Waals surface area contributed by atoms with E-state index in [1.807, 2.05) is 13.2 Å². The van der Waals surface area contributed by atoms with E-state index in [1.54, 1.807) is 66.8 Å². The Hall–Kier alpha value is -3.88. The van der Waals surface area contributed by atoms with Gasteiger partial charge in [-0.25, -0.2) is 14.7 Å². The molecule has 4 rings (SSSR count). The first-order valence-electron chi connectivity index (χ1n) is 9.37. The highest BCUT2D eigenvalue weighted by molar-refractivity contribution is 5.96. The van der Waals surface area contributed by atoms with E-state index in [2.05, 4.69) is 15.2 Å². The van der Waals surface area contributed by atoms with Crippen LogP contribution < -0.4 is 4.90 Å². The highest BCUT2D eigenvalue weighted by Gasteiger charge is 2.27. The van der Waals surface area contributed by atoms with Gasteiger partial charge in [0.15, 0.2) is 5.65 Å². The number of ether oxygens (including phenoxy) is 1. The molecule has 0 radical (unpaired) electrons. The van der Waals surface area contributed by atoms with Crippen LogP contribution >= 0.6 is 0 Å². The smallest absolute Gasteiger partial charge is 0.420 e. The van der Waals surface area contributed by atoms with E-state index in [4.69, 9.17) is 4.74 Å². The summed E-state index contributed by atoms with van der Waals surface area (Å²) in [4.78, 5) is 19.0. The minimum Gasteiger partial charge on any atom is -0.508 e. The topological polar surface area (TPSA) is 97.8 Å². The standard InChI is InChI=1S/C21H22N6O3/c1-21(2,3)30-20(29)26(15-5-7-16(28)8-6-15)18-9-10-22-19-17(12-24-27(18)19)14-11-23-25(4)13-14/h5-13,28H,1-4H3. The Bertz CT molecular complexity index is 1200. The van der Waals surface area contributed by atoms with E-state index in [1.165, 1.54) is 17.0 Å². The first kappa shape index (κ1) is 19.4. The van der Waals surface area contributed by atoms with Crippen LogP contribution in [0.1, 0.15) is 20.8 Å². The SMILES string of the molecule is Cn1cc(-c2cnn3c(N(C(=O)OC(C)(C)C)c4ccc(O)cc4)ccnc23)cn1. The highest BCUT2D eigenvalue weighted by atomic mass is 16.6. The molecule has 154 valence electrons. The quantitative estimate of drug-likeness (QED) is 0.554. The number of anilines is 2. The van der Waals surface area contributed by atoms with Crippen molar-refractivity contribution >= 4 is 23.2 Å². The molecule has 0 aliphatic rings. The van der Waals surface area contributed by atoms with Crippen molar-refractivity contribution in [3.63, 3.8) is 0 Å². The van der Waals surface area contributed by atoms with Crippen molar-refractivity contribution in [1.82, 2.24) is 24.4 Å². The molecule has 4 aromatic rings. The van der Waals surface area contributed by atoms with E-state index < -0.39 is 11.7 Å². The van der Waals surface area contributed by atoms with Gasteiger partial charge >= 0.3 is 6.09 Å². The summed E-state index contributed by atoms with van der Waals surface area (Å²) < 4.78 is 8.92. The number of phenols is 1. The second kappa shape index (κ2) is 7.18. The molecule has 0 bridgehead atoms. The summed E-state index contributed by atoms with van der Waals surface area (Å²) in [6.07, 6.45) is 6.34. The molecule has 1 N–H and O–H groups in total. The van der Waals surface area contributed by atoms with Gasteiger partial charge in [0.2, 0.25) is 0 Å². The van der Waals surface area contributed by atoms with Crippen molar-refractivity contribution in [3.8, 4) is 16.9 Å². The largest absolute Gasteiger partial charge is 0.508 e. The van der Waals surface area contributed by atoms with Gasteiger partial charge in [-0.2, -0.15) is 14.7 Å². The summed E-state index contributed by atoms with van der Waals surface area (Å²) in [7, 11) is 1.84. The van der Waals surface area contributed by atoms with E-state index in [0.29, 0.717) is 17.2 Å². The van der Waals surface area contributed by atoms with Crippen molar-refractivity contribution < 1.29 is 14.6 Å². The number of carbonyl (C=O) groups is 1. The van der Waals surface area contributed by atoms with Crippen LogP contribution in [0, 0.1) is 0 Å². The van der Waals surface area contributed by atoms with E-state index >= 15 is 0 Å². The Morgan fingerprint density at radius 2 is 1.83 bits per heavy atom. The molecule has 0 spiro atoms. The van der Waals surface area contributed by atoms with Crippen LogP contribution in [-0.2, 0) is 11.8 Å². The molecular formula is C21H22N6O3. The Kier molecular flexibility index (Phi) is 4.65. The van der Waals surface area contributed by atoms with Crippen molar-refractivity contribution in [1.29, 1.82) is 0 Å². The lowest BCUT2D eigenvalue weighted by Gasteiger charge is -2.27. The minimum atomic E-state index is -0.691. The average Bonchev–Trinajstić information content (AvgIpc) is 3.28. The van der Waals surface area contributed by atoms with Crippen molar-refractivity contribution in [3.05, 3.63) is 55.1 Å². The summed E-state index contributed by atoms with van der Waals surface area (Å²) in [6.45, 7) is 5.41. The zero-order chi connectivity index (χ0) is 21.5. The molecule has 0 fully saturated rings. The second-order valence-electron chi connectivity index (χ2n) is 7.83. The third kappa shape index (κ3) is 3.69. The van der Waals surface area contributed by atoms with E-state index in [-0.39, 0.29) is 5.75 Å². The Morgan fingerprint density at radius 3 is 2.47 bits per heavy atom. The summed E-state index contributed by atoms with van der Waals surface area (Å²) in [5.74, 6) is 0.552. The van der Waals surface area contributed by atoms with Gasteiger partial charge in [-0.15, -0.1) is 0 Å². The zero-order valence-electron chi connectivity index (χ0n) is 17.1. The number of benzene rings is 1. The average molecular weight is 406 g/mol. The first-order valence-corrected chi connectivity index (χ1v) is 9.37. The molecule has 9 heteroatoms. The molecule has 0 aliphatic heterocycles. The summed E-state index contributed by atoms with van der Waals surface area (Å²) in [5, 5.41) is 18.3. The molecule has 0 aliphatic carbocycles. The molecule has 3 aromatic heterocycles. The minimum absolute atomic E-state index is 0.0979. The van der Waals surface area contributed by atoms with E-state index in [9.17, 15) is 9.90 Å². The fraction of sp³-hybridized carbons (Fsp3) is 0.238. The second-order valence-corrected chi connectivity index (χ2v) is 7.83. The van der Waals surface area contributed by atoms with Crippen LogP contribution in [0.2, 0.25) is 0 Å². The number of aryl methyl sites for hydroxylation is 1. The predicted molar refractivity (Wildman–Crippen MR) is 112 cm³/mol. The molecular weight excluding hydrogens is 384 g/mol. The first-order chi connectivity index (χ1) is 14.2. The zero-order valence-corrected chi connectivity index (χ0v) is 17.1. The van der Waals surface area contributed by atoms with Crippen molar-refractivity contribution in [2.24, 2.45) is 7.05 Å². The number of nitrogens with zero attached hydrogens (tertiary/aromatic N) is 6. The number of aromatic nitrogens is 5. The lowest BCUT2D eigenvalue weighted by molar-refractivity contribution is 0.0597. The maximum atomic E-state index is 13.1. The lowest BCUT2D eigenvalue weighted by atomic mass is 10.2. The van der Waals surface area contributed by atoms with Crippen LogP contribution in [-0.4, -0.2) is 41.2 Å². The fourth-order valence-corrected chi connectivity index (χ4v) is 3.05. The monoisotopic (exact) mass is 406 g/mol. The van der Waals surface area contributed by atoms with Crippen LogP contribution in [0.4, 0.5) is 16.3 Å². The molecule has 9 nitrogen and oxygen atoms in total. The fourth-order valence-electron chi connectivity index (χ4n) is 3.05. The molecule has 0 unspecified atom stereocenters. The van der Waals surface area contributed by atoms with Crippen LogP contribution in [0.3, 0.4) is 0 Å². The van der Waals surface area contributed by atoms with Gasteiger partial charge in [-0.1, -0.05) is 0 Å². The van der Waals surface area contributed by atoms with Crippen LogP contribution in [0.25, 0.3) is 16.8 Å². The van der Waals surface area contributed by atoms with Crippen molar-refractivity contribution in [2.45, 2.75) is 26.4 Å². The molecule has 30 heavy (non-hydrogen) atoms. The summed E-state index contributed by atoms with van der Waals surface area (Å²) in [5.41, 5.74) is 2.06. The highest BCUT2D eigenvalue weighted by Crippen LogP contribution is 2.31. The summed E-state index contributed by atoms with van der Waals surface area (Å²) in [6, 6.07) is 7.97. The number of amides is 1. The number of aromatic hydroxyl groups is 1. The van der Waals surface area contributed by atoms with Gasteiger partial charge in [0.05, 0.1) is 18.1 Å². The lowest BCUT2D eigenvalue weighted by Crippen LogP contribution is -2.34. The van der Waals surface area contributed by atoms with Crippen LogP contribution in [0.5, 0.6) is 5.75 Å². The Labute approximate surface area is 173 Å². The van der Waals surface area contributed by atoms with Gasteiger partial charge in [0.1, 0.15) is 17.2 Å². The molecule has 3 heterocycles. The van der Waals surface area contributed by atoms with Crippen molar-refractivity contribution in [2.75, 3.05) is 4.90 Å². The number of hydrogen-bond acceptors (Lipinski definition) is 6.